The van der Waals surface area contributed by atoms with Crippen LogP contribution in [0.1, 0.15) is 23.7 Å². The van der Waals surface area contributed by atoms with Gasteiger partial charge in [0.25, 0.3) is 5.91 Å². The molecule has 2 atom stereocenters. The Morgan fingerprint density at radius 1 is 1.63 bits per heavy atom. The normalized spacial score (nSPS) is 26.4. The van der Waals surface area contributed by atoms with Crippen LogP contribution in [0.15, 0.2) is 18.2 Å². The van der Waals surface area contributed by atoms with Crippen LogP contribution in [0.25, 0.3) is 0 Å². The summed E-state index contributed by atoms with van der Waals surface area (Å²) in [4.78, 5) is 12.0. The Morgan fingerprint density at radius 3 is 2.95 bits per heavy atom. The second-order valence-electron chi connectivity index (χ2n) is 4.82. The summed E-state index contributed by atoms with van der Waals surface area (Å²) < 4.78 is 5.30. The Hall–Kier alpha value is -1.30. The molecule has 104 valence electrons. The lowest BCUT2D eigenvalue weighted by Crippen LogP contribution is -2.47. The van der Waals surface area contributed by atoms with Crippen molar-refractivity contribution in [1.29, 1.82) is 0 Å². The Kier molecular flexibility index (Phi) is 3.99. The number of carbonyl (C=O) groups is 1. The molecule has 1 aromatic carbocycles. The van der Waals surface area contributed by atoms with Gasteiger partial charge in [0.05, 0.1) is 6.10 Å². The van der Waals surface area contributed by atoms with E-state index in [1.54, 1.807) is 19.1 Å². The average molecular weight is 285 g/mol. The number of rotatable bonds is 3. The van der Waals surface area contributed by atoms with E-state index in [4.69, 9.17) is 22.1 Å². The lowest BCUT2D eigenvalue weighted by Gasteiger charge is -2.26. The van der Waals surface area contributed by atoms with E-state index in [1.165, 1.54) is 6.07 Å². The molecule has 1 aliphatic rings. The Morgan fingerprint density at radius 2 is 2.37 bits per heavy atom. The minimum absolute atomic E-state index is 0.138. The summed E-state index contributed by atoms with van der Waals surface area (Å²) >= 11 is 5.84. The number of anilines is 1. The van der Waals surface area contributed by atoms with Gasteiger partial charge in [-0.3, -0.25) is 4.79 Å². The van der Waals surface area contributed by atoms with Crippen LogP contribution in [0.3, 0.4) is 0 Å². The molecule has 1 heterocycles. The molecule has 19 heavy (non-hydrogen) atoms. The number of hydrogen-bond acceptors (Lipinski definition) is 4. The van der Waals surface area contributed by atoms with Crippen molar-refractivity contribution >= 4 is 23.2 Å². The maximum atomic E-state index is 12.0. The van der Waals surface area contributed by atoms with Gasteiger partial charge >= 0.3 is 0 Å². The van der Waals surface area contributed by atoms with E-state index in [1.807, 2.05) is 0 Å². The van der Waals surface area contributed by atoms with Gasteiger partial charge in [-0.1, -0.05) is 11.6 Å². The predicted molar refractivity (Wildman–Crippen MR) is 73.2 cm³/mol. The smallest absolute Gasteiger partial charge is 0.251 e. The van der Waals surface area contributed by atoms with Crippen molar-refractivity contribution in [3.05, 3.63) is 28.8 Å². The lowest BCUT2D eigenvalue weighted by atomic mass is 9.96. The number of halogens is 1. The van der Waals surface area contributed by atoms with Crippen molar-refractivity contribution in [2.75, 3.05) is 18.9 Å². The zero-order chi connectivity index (χ0) is 14.0. The molecule has 1 aliphatic heterocycles. The van der Waals surface area contributed by atoms with E-state index < -0.39 is 5.60 Å². The monoisotopic (exact) mass is 284 g/mol. The highest BCUT2D eigenvalue weighted by atomic mass is 35.5. The number of nitrogen functional groups attached to an aromatic ring is 1. The van der Waals surface area contributed by atoms with Gasteiger partial charge in [-0.2, -0.15) is 0 Å². The molecule has 2 rings (SSSR count). The quantitative estimate of drug-likeness (QED) is 0.728. The first kappa shape index (κ1) is 14.1. The number of aliphatic hydroxyl groups is 1. The molecule has 0 spiro atoms. The third-order valence-corrected chi connectivity index (χ3v) is 3.62. The van der Waals surface area contributed by atoms with E-state index >= 15 is 0 Å². The van der Waals surface area contributed by atoms with Gasteiger partial charge in [0.1, 0.15) is 5.60 Å². The van der Waals surface area contributed by atoms with Gasteiger partial charge in [0.2, 0.25) is 0 Å². The van der Waals surface area contributed by atoms with E-state index in [0.29, 0.717) is 29.3 Å². The number of carbonyl (C=O) groups excluding carboxylic acids is 1. The maximum absolute atomic E-state index is 12.0. The van der Waals surface area contributed by atoms with Gasteiger partial charge in [0, 0.05) is 35.8 Å². The largest absolute Gasteiger partial charge is 0.399 e. The molecule has 1 aromatic rings. The first-order chi connectivity index (χ1) is 8.90. The van der Waals surface area contributed by atoms with Crippen LogP contribution < -0.4 is 11.1 Å². The second kappa shape index (κ2) is 5.36. The summed E-state index contributed by atoms with van der Waals surface area (Å²) in [5, 5.41) is 13.4. The van der Waals surface area contributed by atoms with Gasteiger partial charge < -0.3 is 20.9 Å². The molecule has 0 aliphatic carbocycles. The Labute approximate surface area is 116 Å². The van der Waals surface area contributed by atoms with Gasteiger partial charge in [0.15, 0.2) is 0 Å². The van der Waals surface area contributed by atoms with Crippen LogP contribution in [0, 0.1) is 0 Å². The Balaban J connectivity index is 2.01. The van der Waals surface area contributed by atoms with Gasteiger partial charge in [-0.05, 0) is 25.1 Å². The summed E-state index contributed by atoms with van der Waals surface area (Å²) in [6, 6.07) is 4.64. The SMILES string of the molecule is CC1OCCC1(O)CNC(=O)c1cc(N)cc(Cl)c1. The van der Waals surface area contributed by atoms with Crippen LogP contribution in [0.5, 0.6) is 0 Å². The van der Waals surface area contributed by atoms with Crippen molar-refractivity contribution in [2.45, 2.75) is 25.0 Å². The molecule has 4 N–H and O–H groups in total. The molecular formula is C13H17ClN2O3. The zero-order valence-electron chi connectivity index (χ0n) is 10.6. The van der Waals surface area contributed by atoms with Crippen molar-refractivity contribution in [1.82, 2.24) is 5.32 Å². The topological polar surface area (TPSA) is 84.6 Å². The number of hydrogen-bond donors (Lipinski definition) is 3. The molecule has 1 amide bonds. The fraction of sp³-hybridized carbons (Fsp3) is 0.462. The molecule has 1 saturated heterocycles. The highest BCUT2D eigenvalue weighted by Crippen LogP contribution is 2.25. The molecule has 2 unspecified atom stereocenters. The van der Waals surface area contributed by atoms with E-state index in [-0.39, 0.29) is 18.6 Å². The maximum Gasteiger partial charge on any atom is 0.251 e. The van der Waals surface area contributed by atoms with Crippen molar-refractivity contribution in [2.24, 2.45) is 0 Å². The third-order valence-electron chi connectivity index (χ3n) is 3.40. The van der Waals surface area contributed by atoms with Crippen LogP contribution in [-0.4, -0.2) is 35.9 Å². The number of amides is 1. The molecule has 0 bridgehead atoms. The highest BCUT2D eigenvalue weighted by Gasteiger charge is 2.39. The van der Waals surface area contributed by atoms with Crippen LogP contribution in [0.4, 0.5) is 5.69 Å². The molecular weight excluding hydrogens is 268 g/mol. The van der Waals surface area contributed by atoms with Crippen molar-refractivity contribution in [3.8, 4) is 0 Å². The standard InChI is InChI=1S/C13H17ClN2O3/c1-8-13(18,2-3-19-8)7-16-12(17)9-4-10(14)6-11(15)5-9/h4-6,8,18H,2-3,7,15H2,1H3,(H,16,17). The van der Waals surface area contributed by atoms with E-state index in [0.717, 1.165) is 0 Å². The average Bonchev–Trinajstić information content (AvgIpc) is 2.66. The second-order valence-corrected chi connectivity index (χ2v) is 5.26. The van der Waals surface area contributed by atoms with Gasteiger partial charge in [-0.15, -0.1) is 0 Å². The summed E-state index contributed by atoms with van der Waals surface area (Å²) in [6.45, 7) is 2.42. The highest BCUT2D eigenvalue weighted by molar-refractivity contribution is 6.31. The van der Waals surface area contributed by atoms with Crippen LogP contribution >= 0.6 is 11.6 Å². The Bertz CT molecular complexity index is 475. The van der Waals surface area contributed by atoms with Crippen molar-refractivity contribution < 1.29 is 14.6 Å². The number of nitrogens with one attached hydrogen (secondary N) is 1. The third kappa shape index (κ3) is 3.18. The number of nitrogens with two attached hydrogens (primary N) is 1. The fourth-order valence-corrected chi connectivity index (χ4v) is 2.33. The lowest BCUT2D eigenvalue weighted by molar-refractivity contribution is -0.0251. The predicted octanol–water partition coefficient (Wildman–Crippen LogP) is 1.19. The fourth-order valence-electron chi connectivity index (χ4n) is 2.08. The van der Waals surface area contributed by atoms with Crippen molar-refractivity contribution in [3.63, 3.8) is 0 Å². The van der Waals surface area contributed by atoms with E-state index in [9.17, 15) is 9.90 Å². The number of ether oxygens (including phenoxy) is 1. The van der Waals surface area contributed by atoms with Crippen LogP contribution in [0.2, 0.25) is 5.02 Å². The van der Waals surface area contributed by atoms with Gasteiger partial charge in [-0.25, -0.2) is 0 Å². The molecule has 0 radical (unpaired) electrons. The molecule has 5 nitrogen and oxygen atoms in total. The van der Waals surface area contributed by atoms with Crippen LogP contribution in [-0.2, 0) is 4.74 Å². The minimum atomic E-state index is -1.01. The summed E-state index contributed by atoms with van der Waals surface area (Å²) in [5.41, 5.74) is 5.42. The molecule has 6 heteroatoms. The van der Waals surface area contributed by atoms with E-state index in [2.05, 4.69) is 5.32 Å². The first-order valence-corrected chi connectivity index (χ1v) is 6.47. The summed E-state index contributed by atoms with van der Waals surface area (Å²) in [5.74, 6) is -0.318. The summed E-state index contributed by atoms with van der Waals surface area (Å²) in [7, 11) is 0. The minimum Gasteiger partial charge on any atom is -0.399 e. The zero-order valence-corrected chi connectivity index (χ0v) is 11.4. The summed E-state index contributed by atoms with van der Waals surface area (Å²) in [6.07, 6.45) is 0.212. The number of benzene rings is 1. The molecule has 0 saturated carbocycles. The molecule has 1 fully saturated rings. The first-order valence-electron chi connectivity index (χ1n) is 6.09. The molecule has 0 aromatic heterocycles.